The number of aromatic hydroxyl groups is 1. The minimum absolute atomic E-state index is 0.0603. The second-order valence-corrected chi connectivity index (χ2v) is 2.89. The molecule has 0 amide bonds. The fourth-order valence-corrected chi connectivity index (χ4v) is 0.934. The van der Waals surface area contributed by atoms with E-state index < -0.39 is 12.8 Å². The molecule has 0 aliphatic heterocycles. The minimum Gasteiger partial charge on any atom is -0.508 e. The maximum Gasteiger partial charge on any atom is 0.413 e. The van der Waals surface area contributed by atoms with Crippen LogP contribution >= 0.6 is 0 Å². The summed E-state index contributed by atoms with van der Waals surface area (Å²) >= 11 is 0. The molecule has 1 rings (SSSR count). The standard InChI is InChI=1S/C9H10F3NO2/c10-9(11,12)6-15-13-5-7-2-1-3-8(14)4-7/h1-4,13-14H,5-6H2. The molecule has 6 heteroatoms. The third kappa shape index (κ3) is 5.24. The summed E-state index contributed by atoms with van der Waals surface area (Å²) in [4.78, 5) is 4.19. The van der Waals surface area contributed by atoms with Crippen LogP contribution < -0.4 is 5.48 Å². The largest absolute Gasteiger partial charge is 0.508 e. The SMILES string of the molecule is Oc1cccc(CNOCC(F)(F)F)c1. The summed E-state index contributed by atoms with van der Waals surface area (Å²) in [6.45, 7) is -1.24. The van der Waals surface area contributed by atoms with Crippen molar-refractivity contribution in [3.63, 3.8) is 0 Å². The topological polar surface area (TPSA) is 41.5 Å². The highest BCUT2D eigenvalue weighted by Gasteiger charge is 2.27. The Morgan fingerprint density at radius 3 is 2.67 bits per heavy atom. The maximum absolute atomic E-state index is 11.6. The van der Waals surface area contributed by atoms with Crippen LogP contribution in [0.4, 0.5) is 13.2 Å². The van der Waals surface area contributed by atoms with Crippen molar-refractivity contribution in [3.8, 4) is 5.75 Å². The van der Waals surface area contributed by atoms with Crippen molar-refractivity contribution in [2.75, 3.05) is 6.61 Å². The molecule has 0 aromatic heterocycles. The lowest BCUT2D eigenvalue weighted by Crippen LogP contribution is -2.24. The summed E-state index contributed by atoms with van der Waals surface area (Å²) in [5, 5.41) is 9.05. The van der Waals surface area contributed by atoms with Crippen LogP contribution in [0.5, 0.6) is 5.75 Å². The molecule has 2 N–H and O–H groups in total. The third-order valence-electron chi connectivity index (χ3n) is 1.52. The zero-order chi connectivity index (χ0) is 11.3. The second-order valence-electron chi connectivity index (χ2n) is 2.89. The van der Waals surface area contributed by atoms with Crippen molar-refractivity contribution in [3.05, 3.63) is 29.8 Å². The molecule has 1 aromatic rings. The van der Waals surface area contributed by atoms with Crippen LogP contribution in [0, 0.1) is 0 Å². The van der Waals surface area contributed by atoms with Crippen LogP contribution in [-0.2, 0) is 11.4 Å². The summed E-state index contributed by atoms with van der Waals surface area (Å²) in [5.41, 5.74) is 2.79. The molecule has 0 atom stereocenters. The average molecular weight is 221 g/mol. The van der Waals surface area contributed by atoms with E-state index in [9.17, 15) is 13.2 Å². The molecule has 0 aliphatic rings. The van der Waals surface area contributed by atoms with Gasteiger partial charge < -0.3 is 5.11 Å². The van der Waals surface area contributed by atoms with E-state index in [1.165, 1.54) is 12.1 Å². The van der Waals surface area contributed by atoms with E-state index in [0.717, 1.165) is 0 Å². The quantitative estimate of drug-likeness (QED) is 0.603. The van der Waals surface area contributed by atoms with Gasteiger partial charge in [0.2, 0.25) is 0 Å². The second kappa shape index (κ2) is 4.99. The predicted octanol–water partition coefficient (Wildman–Crippen LogP) is 1.98. The highest BCUT2D eigenvalue weighted by molar-refractivity contribution is 5.26. The molecule has 15 heavy (non-hydrogen) atoms. The first kappa shape index (κ1) is 11.8. The zero-order valence-corrected chi connectivity index (χ0v) is 7.71. The van der Waals surface area contributed by atoms with Crippen LogP contribution in [0.25, 0.3) is 0 Å². The van der Waals surface area contributed by atoms with E-state index >= 15 is 0 Å². The molecule has 84 valence electrons. The first-order valence-electron chi connectivity index (χ1n) is 4.17. The Morgan fingerprint density at radius 1 is 1.33 bits per heavy atom. The predicted molar refractivity (Wildman–Crippen MR) is 47.0 cm³/mol. The number of benzene rings is 1. The fraction of sp³-hybridized carbons (Fsp3) is 0.333. The third-order valence-corrected chi connectivity index (χ3v) is 1.52. The van der Waals surface area contributed by atoms with Crippen molar-refractivity contribution >= 4 is 0 Å². The first-order chi connectivity index (χ1) is 6.97. The van der Waals surface area contributed by atoms with E-state index in [1.54, 1.807) is 12.1 Å². The van der Waals surface area contributed by atoms with E-state index in [1.807, 2.05) is 0 Å². The molecule has 0 saturated heterocycles. The zero-order valence-electron chi connectivity index (χ0n) is 7.71. The van der Waals surface area contributed by atoms with Gasteiger partial charge in [-0.05, 0) is 17.7 Å². The lowest BCUT2D eigenvalue weighted by molar-refractivity contribution is -0.190. The number of halogens is 3. The molecule has 0 unspecified atom stereocenters. The Morgan fingerprint density at radius 2 is 2.07 bits per heavy atom. The number of phenolic OH excluding ortho intramolecular Hbond substituents is 1. The number of rotatable bonds is 4. The monoisotopic (exact) mass is 221 g/mol. The van der Waals surface area contributed by atoms with Gasteiger partial charge in [0.1, 0.15) is 5.75 Å². The summed E-state index contributed by atoms with van der Waals surface area (Å²) in [5.74, 6) is 0.0603. The molecular weight excluding hydrogens is 211 g/mol. The van der Waals surface area contributed by atoms with Gasteiger partial charge in [-0.15, -0.1) is 0 Å². The van der Waals surface area contributed by atoms with E-state index in [2.05, 4.69) is 10.3 Å². The maximum atomic E-state index is 11.6. The smallest absolute Gasteiger partial charge is 0.413 e. The average Bonchev–Trinajstić information content (AvgIpc) is 2.11. The van der Waals surface area contributed by atoms with Crippen LogP contribution in [0.15, 0.2) is 24.3 Å². The molecule has 3 nitrogen and oxygen atoms in total. The Hall–Kier alpha value is -1.27. The van der Waals surface area contributed by atoms with Gasteiger partial charge in [0.15, 0.2) is 6.61 Å². The van der Waals surface area contributed by atoms with Crippen molar-refractivity contribution < 1.29 is 23.1 Å². The van der Waals surface area contributed by atoms with Crippen LogP contribution in [0.2, 0.25) is 0 Å². The van der Waals surface area contributed by atoms with Gasteiger partial charge in [0.25, 0.3) is 0 Å². The van der Waals surface area contributed by atoms with Crippen molar-refractivity contribution in [2.45, 2.75) is 12.7 Å². The summed E-state index contributed by atoms with van der Waals surface area (Å²) in [7, 11) is 0. The molecule has 0 bridgehead atoms. The van der Waals surface area contributed by atoms with Gasteiger partial charge >= 0.3 is 6.18 Å². The summed E-state index contributed by atoms with van der Waals surface area (Å²) in [6.07, 6.45) is -4.34. The molecule has 0 aliphatic carbocycles. The Bertz CT molecular complexity index is 314. The number of hydrogen-bond donors (Lipinski definition) is 2. The minimum atomic E-state index is -4.34. The Labute approximate surface area is 84.4 Å². The number of hydrogen-bond acceptors (Lipinski definition) is 3. The number of nitrogens with one attached hydrogen (secondary N) is 1. The van der Waals surface area contributed by atoms with Gasteiger partial charge in [-0.2, -0.15) is 18.7 Å². The van der Waals surface area contributed by atoms with Crippen LogP contribution in [0.3, 0.4) is 0 Å². The molecule has 0 saturated carbocycles. The lowest BCUT2D eigenvalue weighted by atomic mass is 10.2. The fourth-order valence-electron chi connectivity index (χ4n) is 0.934. The number of alkyl halides is 3. The molecule has 0 fully saturated rings. The number of phenols is 1. The van der Waals surface area contributed by atoms with Crippen molar-refractivity contribution in [2.24, 2.45) is 0 Å². The number of hydroxylamine groups is 1. The van der Waals surface area contributed by atoms with Crippen molar-refractivity contribution in [1.29, 1.82) is 0 Å². The van der Waals surface area contributed by atoms with Gasteiger partial charge in [0.05, 0.1) is 0 Å². The van der Waals surface area contributed by atoms with Crippen LogP contribution in [0.1, 0.15) is 5.56 Å². The van der Waals surface area contributed by atoms with Crippen LogP contribution in [-0.4, -0.2) is 17.9 Å². The molecule has 0 heterocycles. The van der Waals surface area contributed by atoms with E-state index in [0.29, 0.717) is 5.56 Å². The summed E-state index contributed by atoms with van der Waals surface area (Å²) < 4.78 is 34.9. The highest BCUT2D eigenvalue weighted by Crippen LogP contribution is 2.14. The van der Waals surface area contributed by atoms with Gasteiger partial charge in [-0.3, -0.25) is 4.84 Å². The van der Waals surface area contributed by atoms with Gasteiger partial charge in [-0.25, -0.2) is 0 Å². The van der Waals surface area contributed by atoms with Gasteiger partial charge in [-0.1, -0.05) is 12.1 Å². The molecule has 0 radical (unpaired) electrons. The molecule has 1 aromatic carbocycles. The summed E-state index contributed by atoms with van der Waals surface area (Å²) in [6, 6.07) is 6.16. The van der Waals surface area contributed by atoms with E-state index in [4.69, 9.17) is 5.11 Å². The first-order valence-corrected chi connectivity index (χ1v) is 4.17. The Kier molecular flexibility index (Phi) is 3.93. The van der Waals surface area contributed by atoms with E-state index in [-0.39, 0.29) is 12.3 Å². The molecule has 0 spiro atoms. The normalized spacial score (nSPS) is 11.7. The van der Waals surface area contributed by atoms with Gasteiger partial charge in [0, 0.05) is 6.54 Å². The highest BCUT2D eigenvalue weighted by atomic mass is 19.4. The Balaban J connectivity index is 2.26. The molecular formula is C9H10F3NO2. The lowest BCUT2D eigenvalue weighted by Gasteiger charge is -2.08. The van der Waals surface area contributed by atoms with Crippen molar-refractivity contribution in [1.82, 2.24) is 5.48 Å².